The predicted molar refractivity (Wildman–Crippen MR) is 199 cm³/mol. The van der Waals surface area contributed by atoms with E-state index < -0.39 is 0 Å². The topological polar surface area (TPSA) is 50.9 Å². The van der Waals surface area contributed by atoms with Crippen molar-refractivity contribution < 1.29 is 26.2 Å². The maximum atomic E-state index is 11.9. The third-order valence-electron chi connectivity index (χ3n) is 9.88. The van der Waals surface area contributed by atoms with Crippen LogP contribution in [0.1, 0.15) is 25.0 Å². The van der Waals surface area contributed by atoms with Crippen LogP contribution in [0, 0.1) is 6.07 Å². The SMILES string of the molecule is CC1(C)c2ccccc2-c2cc(-c3nc4c(-c5[c-]c(-c6ccccn6)ccc5)cccc4n3-c3ccccc3-c3ccccc3)c(O)cc21.[Pt]. The van der Waals surface area contributed by atoms with E-state index in [1.54, 1.807) is 6.20 Å². The molecule has 9 rings (SSSR count). The van der Waals surface area contributed by atoms with Gasteiger partial charge >= 0.3 is 0 Å². The molecule has 0 bridgehead atoms. The number of rotatable bonds is 5. The number of imidazole rings is 1. The molecule has 1 aliphatic carbocycles. The number of nitrogens with zero attached hydrogens (tertiary/aromatic N) is 3. The molecule has 1 aliphatic rings. The van der Waals surface area contributed by atoms with Crippen molar-refractivity contribution in [2.24, 2.45) is 0 Å². The zero-order valence-electron chi connectivity index (χ0n) is 27.5. The van der Waals surface area contributed by atoms with Crippen molar-refractivity contribution in [3.05, 3.63) is 169 Å². The van der Waals surface area contributed by atoms with E-state index in [4.69, 9.17) is 4.98 Å². The summed E-state index contributed by atoms with van der Waals surface area (Å²) in [6.07, 6.45) is 1.80. The van der Waals surface area contributed by atoms with Crippen LogP contribution in [0.25, 0.3) is 72.7 Å². The minimum Gasteiger partial charge on any atom is -0.507 e. The van der Waals surface area contributed by atoms with E-state index in [-0.39, 0.29) is 32.2 Å². The van der Waals surface area contributed by atoms with Gasteiger partial charge in [0, 0.05) is 43.9 Å². The average Bonchev–Trinajstić information content (AvgIpc) is 3.64. The van der Waals surface area contributed by atoms with Crippen LogP contribution in [0.4, 0.5) is 0 Å². The molecule has 2 aromatic heterocycles. The maximum absolute atomic E-state index is 11.9. The van der Waals surface area contributed by atoms with Crippen molar-refractivity contribution >= 4 is 11.0 Å². The van der Waals surface area contributed by atoms with Crippen LogP contribution < -0.4 is 0 Å². The zero-order valence-corrected chi connectivity index (χ0v) is 29.8. The van der Waals surface area contributed by atoms with Crippen molar-refractivity contribution in [2.45, 2.75) is 19.3 Å². The summed E-state index contributed by atoms with van der Waals surface area (Å²) in [5.74, 6) is 0.882. The number of phenols is 1. The molecule has 0 amide bonds. The smallest absolute Gasteiger partial charge is 0.148 e. The Morgan fingerprint density at radius 1 is 0.600 bits per heavy atom. The van der Waals surface area contributed by atoms with E-state index in [0.29, 0.717) is 11.4 Å². The van der Waals surface area contributed by atoms with Gasteiger partial charge in [0.2, 0.25) is 0 Å². The summed E-state index contributed by atoms with van der Waals surface area (Å²) in [6.45, 7) is 4.45. The average molecular weight is 826 g/mol. The van der Waals surface area contributed by atoms with Crippen LogP contribution in [0.5, 0.6) is 5.75 Å². The summed E-state index contributed by atoms with van der Waals surface area (Å²) in [4.78, 5) is 9.99. The molecule has 4 nitrogen and oxygen atoms in total. The van der Waals surface area contributed by atoms with Gasteiger partial charge < -0.3 is 5.11 Å². The normalized spacial score (nSPS) is 12.7. The van der Waals surface area contributed by atoms with Crippen molar-refractivity contribution in [2.75, 3.05) is 0 Å². The molecule has 0 radical (unpaired) electrons. The van der Waals surface area contributed by atoms with Crippen LogP contribution in [0.15, 0.2) is 152 Å². The van der Waals surface area contributed by atoms with Gasteiger partial charge in [-0.3, -0.25) is 9.55 Å². The molecule has 0 saturated carbocycles. The van der Waals surface area contributed by atoms with Crippen molar-refractivity contribution in [3.63, 3.8) is 0 Å². The van der Waals surface area contributed by atoms with Crippen LogP contribution in [-0.2, 0) is 26.5 Å². The molecule has 2 heterocycles. The van der Waals surface area contributed by atoms with Gasteiger partial charge in [-0.1, -0.05) is 122 Å². The number of hydrogen-bond acceptors (Lipinski definition) is 3. The minimum atomic E-state index is -0.233. The number of aromatic hydroxyl groups is 1. The van der Waals surface area contributed by atoms with E-state index >= 15 is 0 Å². The molecule has 50 heavy (non-hydrogen) atoms. The van der Waals surface area contributed by atoms with E-state index in [2.05, 4.69) is 133 Å². The number of benzene rings is 6. The summed E-state index contributed by atoms with van der Waals surface area (Å²) in [6, 6.07) is 53.4. The third-order valence-corrected chi connectivity index (χ3v) is 9.88. The molecular formula is C45H32N3OPt-. The van der Waals surface area contributed by atoms with Gasteiger partial charge in [-0.15, -0.1) is 29.8 Å². The molecular weight excluding hydrogens is 794 g/mol. The molecule has 0 unspecified atom stereocenters. The molecule has 0 aliphatic heterocycles. The molecule has 0 saturated heterocycles. The molecule has 0 spiro atoms. The Bertz CT molecular complexity index is 2540. The van der Waals surface area contributed by atoms with Gasteiger partial charge in [-0.25, -0.2) is 4.98 Å². The van der Waals surface area contributed by atoms with Crippen molar-refractivity contribution in [1.82, 2.24) is 14.5 Å². The van der Waals surface area contributed by atoms with Crippen molar-refractivity contribution in [3.8, 4) is 67.5 Å². The number of aromatic nitrogens is 3. The largest absolute Gasteiger partial charge is 0.507 e. The fourth-order valence-corrected chi connectivity index (χ4v) is 7.48. The van der Waals surface area contributed by atoms with Gasteiger partial charge in [0.25, 0.3) is 0 Å². The molecule has 244 valence electrons. The molecule has 5 heteroatoms. The predicted octanol–water partition coefficient (Wildman–Crippen LogP) is 10.9. The van der Waals surface area contributed by atoms with E-state index in [1.165, 1.54) is 11.1 Å². The Labute approximate surface area is 306 Å². The fourth-order valence-electron chi connectivity index (χ4n) is 7.48. The van der Waals surface area contributed by atoms with Gasteiger partial charge in [-0.05, 0) is 58.1 Å². The Morgan fingerprint density at radius 2 is 1.30 bits per heavy atom. The van der Waals surface area contributed by atoms with E-state index in [9.17, 15) is 5.11 Å². The van der Waals surface area contributed by atoms with Crippen LogP contribution in [0.3, 0.4) is 0 Å². The molecule has 6 aromatic carbocycles. The monoisotopic (exact) mass is 825 g/mol. The number of phenolic OH excluding ortho intramolecular Hbond substituents is 1. The second-order valence-corrected chi connectivity index (χ2v) is 13.1. The first-order valence-corrected chi connectivity index (χ1v) is 16.6. The Morgan fingerprint density at radius 3 is 2.12 bits per heavy atom. The number of pyridine rings is 1. The van der Waals surface area contributed by atoms with Crippen LogP contribution in [-0.4, -0.2) is 19.6 Å². The number of para-hydroxylation sites is 2. The summed E-state index contributed by atoms with van der Waals surface area (Å²) < 4.78 is 2.21. The second-order valence-electron chi connectivity index (χ2n) is 13.1. The maximum Gasteiger partial charge on any atom is 0.148 e. The quantitative estimate of drug-likeness (QED) is 0.176. The standard InChI is InChI=1S/C45H32N3O.Pt/c1-45(2)37-21-8-6-19-34(37)35-27-36(42(49)28-38(35)45)44-47-43-33(30-16-12-17-31(26-30)39-22-10-11-25-46-39)20-13-24-41(43)48(44)40-23-9-7-18-32(40)29-14-4-3-5-15-29;/h3-25,27-28,49H,1-2H3;/q-1;. The van der Waals surface area contributed by atoms with E-state index in [0.717, 1.165) is 61.4 Å². The van der Waals surface area contributed by atoms with Crippen LogP contribution >= 0.6 is 0 Å². The molecule has 0 atom stereocenters. The third kappa shape index (κ3) is 5.02. The summed E-state index contributed by atoms with van der Waals surface area (Å²) in [7, 11) is 0. The Balaban J connectivity index is 0.00000361. The van der Waals surface area contributed by atoms with Gasteiger partial charge in [0.05, 0.1) is 22.3 Å². The number of hydrogen-bond donors (Lipinski definition) is 1. The second kappa shape index (κ2) is 12.4. The first-order chi connectivity index (χ1) is 24.0. The van der Waals surface area contributed by atoms with Crippen molar-refractivity contribution in [1.29, 1.82) is 0 Å². The molecule has 1 N–H and O–H groups in total. The van der Waals surface area contributed by atoms with Gasteiger partial charge in [0.1, 0.15) is 11.6 Å². The molecule has 0 fully saturated rings. The number of fused-ring (bicyclic) bond motifs is 4. The van der Waals surface area contributed by atoms with E-state index in [1.807, 2.05) is 42.5 Å². The van der Waals surface area contributed by atoms with Gasteiger partial charge in [0.15, 0.2) is 0 Å². The van der Waals surface area contributed by atoms with Crippen LogP contribution in [0.2, 0.25) is 0 Å². The Hall–Kier alpha value is -5.57. The van der Waals surface area contributed by atoms with Gasteiger partial charge in [-0.2, -0.15) is 0 Å². The first kappa shape index (κ1) is 31.7. The summed E-state index contributed by atoms with van der Waals surface area (Å²) in [5.41, 5.74) is 13.7. The molecule has 8 aromatic rings. The summed E-state index contributed by atoms with van der Waals surface area (Å²) >= 11 is 0. The minimum absolute atomic E-state index is 0. The fraction of sp³-hybridized carbons (Fsp3) is 0.0667. The summed E-state index contributed by atoms with van der Waals surface area (Å²) in [5, 5.41) is 11.9. The zero-order chi connectivity index (χ0) is 33.1. The Kier molecular flexibility index (Phi) is 7.85. The first-order valence-electron chi connectivity index (χ1n) is 16.6.